The molecule has 2 aliphatic rings. The number of amides is 1. The summed E-state index contributed by atoms with van der Waals surface area (Å²) in [6.45, 7) is 0.837. The van der Waals surface area contributed by atoms with Gasteiger partial charge in [-0.15, -0.1) is 11.3 Å². The van der Waals surface area contributed by atoms with Gasteiger partial charge in [0.2, 0.25) is 5.91 Å². The molecule has 1 saturated heterocycles. The summed E-state index contributed by atoms with van der Waals surface area (Å²) in [7, 11) is 0. The van der Waals surface area contributed by atoms with Crippen molar-refractivity contribution >= 4 is 17.2 Å². The Balaban J connectivity index is 1.73. The molecule has 1 saturated carbocycles. The van der Waals surface area contributed by atoms with Gasteiger partial charge in [-0.1, -0.05) is 18.9 Å². The van der Waals surface area contributed by atoms with Gasteiger partial charge in [0.1, 0.15) is 0 Å². The Morgan fingerprint density at radius 2 is 2.00 bits per heavy atom. The Kier molecular flexibility index (Phi) is 4.73. The van der Waals surface area contributed by atoms with Crippen molar-refractivity contribution in [3.05, 3.63) is 22.4 Å². The topological polar surface area (TPSA) is 41.1 Å². The molecule has 1 amide bonds. The third-order valence-electron chi connectivity index (χ3n) is 4.64. The molecule has 2 unspecified atom stereocenters. The molecule has 4 heteroatoms. The van der Waals surface area contributed by atoms with Gasteiger partial charge in [-0.25, -0.2) is 0 Å². The van der Waals surface area contributed by atoms with Crippen LogP contribution in [0.4, 0.5) is 0 Å². The average Bonchev–Trinajstić information content (AvgIpc) is 3.12. The van der Waals surface area contributed by atoms with E-state index in [0.717, 1.165) is 25.8 Å². The molecule has 2 atom stereocenters. The number of nitrogens with one attached hydrogen (secondary N) is 2. The predicted octanol–water partition coefficient (Wildman–Crippen LogP) is 3.24. The molecule has 2 heterocycles. The van der Waals surface area contributed by atoms with Gasteiger partial charge < -0.3 is 5.32 Å². The van der Waals surface area contributed by atoms with Crippen molar-refractivity contribution in [3.8, 4) is 0 Å². The minimum Gasteiger partial charge on any atom is -0.355 e. The monoisotopic (exact) mass is 292 g/mol. The van der Waals surface area contributed by atoms with Crippen molar-refractivity contribution < 1.29 is 4.79 Å². The zero-order chi connectivity index (χ0) is 13.8. The molecule has 20 heavy (non-hydrogen) atoms. The van der Waals surface area contributed by atoms with E-state index >= 15 is 0 Å². The lowest BCUT2D eigenvalue weighted by Crippen LogP contribution is -2.45. The summed E-state index contributed by atoms with van der Waals surface area (Å²) >= 11 is 1.82. The zero-order valence-electron chi connectivity index (χ0n) is 11.9. The van der Waals surface area contributed by atoms with Crippen molar-refractivity contribution in [2.45, 2.75) is 57.0 Å². The van der Waals surface area contributed by atoms with Crippen LogP contribution in [-0.4, -0.2) is 18.5 Å². The number of thiophene rings is 1. The second-order valence-corrected chi connectivity index (χ2v) is 7.02. The van der Waals surface area contributed by atoms with Crippen LogP contribution in [0.5, 0.6) is 0 Å². The lowest BCUT2D eigenvalue weighted by atomic mass is 9.95. The van der Waals surface area contributed by atoms with Crippen LogP contribution in [0.25, 0.3) is 0 Å². The molecule has 0 aromatic carbocycles. The maximum absolute atomic E-state index is 12.2. The van der Waals surface area contributed by atoms with Crippen molar-refractivity contribution in [2.24, 2.45) is 5.92 Å². The molecule has 110 valence electrons. The fourth-order valence-electron chi connectivity index (χ4n) is 3.52. The molecule has 0 radical (unpaired) electrons. The maximum Gasteiger partial charge on any atom is 0.237 e. The number of carbonyl (C=O) groups is 1. The summed E-state index contributed by atoms with van der Waals surface area (Å²) in [6, 6.07) is 4.70. The van der Waals surface area contributed by atoms with Gasteiger partial charge >= 0.3 is 0 Å². The van der Waals surface area contributed by atoms with E-state index in [2.05, 4.69) is 28.1 Å². The van der Waals surface area contributed by atoms with E-state index in [1.807, 2.05) is 11.3 Å². The van der Waals surface area contributed by atoms with E-state index in [9.17, 15) is 4.79 Å². The van der Waals surface area contributed by atoms with Gasteiger partial charge in [-0.2, -0.15) is 0 Å². The zero-order valence-corrected chi connectivity index (χ0v) is 12.8. The first-order valence-corrected chi connectivity index (χ1v) is 8.80. The summed E-state index contributed by atoms with van der Waals surface area (Å²) in [4.78, 5) is 13.6. The molecular weight excluding hydrogens is 268 g/mol. The molecule has 3 nitrogen and oxygen atoms in total. The number of hydrogen-bond acceptors (Lipinski definition) is 3. The van der Waals surface area contributed by atoms with Gasteiger partial charge in [0.25, 0.3) is 0 Å². The Hall–Kier alpha value is -0.870. The Morgan fingerprint density at radius 1 is 1.20 bits per heavy atom. The highest BCUT2D eigenvalue weighted by molar-refractivity contribution is 7.10. The number of hydrogen-bond donors (Lipinski definition) is 2. The van der Waals surface area contributed by atoms with E-state index < -0.39 is 0 Å². The first-order chi connectivity index (χ1) is 9.84. The Morgan fingerprint density at radius 3 is 2.75 bits per heavy atom. The highest BCUT2D eigenvalue weighted by Crippen LogP contribution is 2.37. The van der Waals surface area contributed by atoms with Gasteiger partial charge in [-0.3, -0.25) is 10.1 Å². The van der Waals surface area contributed by atoms with Crippen LogP contribution in [-0.2, 0) is 4.79 Å². The second-order valence-electron chi connectivity index (χ2n) is 6.04. The maximum atomic E-state index is 12.2. The molecule has 2 N–H and O–H groups in total. The van der Waals surface area contributed by atoms with E-state index in [4.69, 9.17) is 0 Å². The second kappa shape index (κ2) is 6.72. The molecule has 1 aromatic heterocycles. The fraction of sp³-hybridized carbons (Fsp3) is 0.688. The van der Waals surface area contributed by atoms with Gasteiger partial charge in [0, 0.05) is 17.5 Å². The van der Waals surface area contributed by atoms with E-state index in [1.165, 1.54) is 30.6 Å². The molecule has 0 bridgehead atoms. The largest absolute Gasteiger partial charge is 0.355 e. The van der Waals surface area contributed by atoms with Crippen LogP contribution < -0.4 is 10.6 Å². The number of rotatable bonds is 4. The van der Waals surface area contributed by atoms with Gasteiger partial charge in [0.05, 0.1) is 6.04 Å². The third-order valence-corrected chi connectivity index (χ3v) is 5.59. The third kappa shape index (κ3) is 3.23. The first-order valence-electron chi connectivity index (χ1n) is 7.92. The van der Waals surface area contributed by atoms with Crippen molar-refractivity contribution in [2.75, 3.05) is 6.54 Å². The van der Waals surface area contributed by atoms with Crippen LogP contribution in [0.2, 0.25) is 0 Å². The molecule has 1 aromatic rings. The Labute approximate surface area is 125 Å². The lowest BCUT2D eigenvalue weighted by molar-refractivity contribution is -0.123. The first kappa shape index (κ1) is 14.1. The summed E-state index contributed by atoms with van der Waals surface area (Å²) in [5, 5.41) is 8.87. The quantitative estimate of drug-likeness (QED) is 0.894. The predicted molar refractivity (Wildman–Crippen MR) is 82.8 cm³/mol. The molecule has 1 aliphatic carbocycles. The van der Waals surface area contributed by atoms with Gasteiger partial charge in [-0.05, 0) is 49.5 Å². The summed E-state index contributed by atoms with van der Waals surface area (Å²) in [5.41, 5.74) is 0. The van der Waals surface area contributed by atoms with Crippen LogP contribution >= 0.6 is 11.3 Å². The van der Waals surface area contributed by atoms with Crippen molar-refractivity contribution in [1.29, 1.82) is 0 Å². The lowest BCUT2D eigenvalue weighted by Gasteiger charge is -2.28. The number of carbonyl (C=O) groups excluding carboxylic acids is 1. The summed E-state index contributed by atoms with van der Waals surface area (Å²) in [5.74, 6) is 0.895. The molecule has 1 aliphatic heterocycles. The SMILES string of the molecule is O=C1NCCCCC1NC(c1cccs1)C1CCCC1. The Bertz CT molecular complexity index is 426. The smallest absolute Gasteiger partial charge is 0.237 e. The van der Waals surface area contributed by atoms with E-state index in [-0.39, 0.29) is 11.9 Å². The molecular formula is C16H24N2OS. The highest BCUT2D eigenvalue weighted by Gasteiger charge is 2.31. The normalized spacial score (nSPS) is 26.2. The van der Waals surface area contributed by atoms with E-state index in [0.29, 0.717) is 12.0 Å². The summed E-state index contributed by atoms with van der Waals surface area (Å²) < 4.78 is 0. The van der Waals surface area contributed by atoms with Crippen LogP contribution in [0.1, 0.15) is 55.9 Å². The molecule has 3 rings (SSSR count). The standard InChI is InChI=1S/C16H24N2OS/c19-16-13(8-3-4-10-17-16)18-15(12-6-1-2-7-12)14-9-5-11-20-14/h5,9,11-13,15,18H,1-4,6-8,10H2,(H,17,19). The molecule has 2 fully saturated rings. The van der Waals surface area contributed by atoms with E-state index in [1.54, 1.807) is 0 Å². The fourth-order valence-corrected chi connectivity index (χ4v) is 4.40. The molecule has 0 spiro atoms. The minimum absolute atomic E-state index is 0.00907. The van der Waals surface area contributed by atoms with Crippen LogP contribution in [0, 0.1) is 5.92 Å². The minimum atomic E-state index is -0.00907. The summed E-state index contributed by atoms with van der Waals surface area (Å²) in [6.07, 6.45) is 8.49. The van der Waals surface area contributed by atoms with Crippen molar-refractivity contribution in [3.63, 3.8) is 0 Å². The van der Waals surface area contributed by atoms with Crippen LogP contribution in [0.3, 0.4) is 0 Å². The van der Waals surface area contributed by atoms with Crippen LogP contribution in [0.15, 0.2) is 17.5 Å². The van der Waals surface area contributed by atoms with Gasteiger partial charge in [0.15, 0.2) is 0 Å². The van der Waals surface area contributed by atoms with Crippen molar-refractivity contribution in [1.82, 2.24) is 10.6 Å². The highest BCUT2D eigenvalue weighted by atomic mass is 32.1. The average molecular weight is 292 g/mol.